The Balaban J connectivity index is 1.85. The van der Waals surface area contributed by atoms with Crippen LogP contribution in [-0.2, 0) is 0 Å². The largest absolute Gasteiger partial charge is 0.270 e. The van der Waals surface area contributed by atoms with E-state index < -0.39 is 9.85 Å². The molecule has 0 heterocycles. The highest BCUT2D eigenvalue weighted by molar-refractivity contribution is 6.26. The minimum atomic E-state index is -0.409. The van der Waals surface area contributed by atoms with Crippen LogP contribution in [0.4, 0.5) is 11.4 Å². The van der Waals surface area contributed by atoms with Gasteiger partial charge >= 0.3 is 0 Å². The van der Waals surface area contributed by atoms with Gasteiger partial charge in [0.05, 0.1) is 9.85 Å². The number of nitrogens with zero attached hydrogens (tertiary/aromatic N) is 2. The van der Waals surface area contributed by atoms with Gasteiger partial charge in [-0.3, -0.25) is 20.2 Å². The molecule has 0 amide bonds. The van der Waals surface area contributed by atoms with Crippen LogP contribution in [-0.4, -0.2) is 9.85 Å². The van der Waals surface area contributed by atoms with Gasteiger partial charge in [0.15, 0.2) is 0 Å². The summed E-state index contributed by atoms with van der Waals surface area (Å²) in [5, 5.41) is 23.0. The molecule has 0 N–H and O–H groups in total. The number of rotatable bonds is 5. The van der Waals surface area contributed by atoms with E-state index in [1.54, 1.807) is 24.3 Å². The fourth-order valence-corrected chi connectivity index (χ4v) is 4.34. The number of non-ortho nitro benzene ring substituents is 2. The smallest absolute Gasteiger partial charge is 0.258 e. The summed E-state index contributed by atoms with van der Waals surface area (Å²) in [4.78, 5) is 22.2. The van der Waals surface area contributed by atoms with E-state index >= 15 is 0 Å². The summed E-state index contributed by atoms with van der Waals surface area (Å²) in [5.74, 6) is 0. The number of nitro benzene ring substituents is 2. The second-order valence-corrected chi connectivity index (χ2v) is 7.88. The Morgan fingerprint density at radius 1 is 0.618 bits per heavy atom. The molecule has 0 saturated heterocycles. The molecule has 5 rings (SSSR count). The van der Waals surface area contributed by atoms with Crippen LogP contribution in [0.3, 0.4) is 0 Å². The van der Waals surface area contributed by atoms with Gasteiger partial charge in [0.1, 0.15) is 0 Å². The van der Waals surface area contributed by atoms with E-state index in [1.807, 2.05) is 72.8 Å². The second-order valence-electron chi connectivity index (χ2n) is 7.88. The van der Waals surface area contributed by atoms with Crippen molar-refractivity contribution in [1.29, 1.82) is 0 Å². The van der Waals surface area contributed by atoms with Crippen molar-refractivity contribution >= 4 is 34.2 Å². The van der Waals surface area contributed by atoms with E-state index in [9.17, 15) is 20.2 Å². The van der Waals surface area contributed by atoms with Gasteiger partial charge in [0.2, 0.25) is 0 Å². The molecule has 0 spiro atoms. The van der Waals surface area contributed by atoms with Crippen LogP contribution in [0.25, 0.3) is 22.8 Å². The number of nitro groups is 2. The van der Waals surface area contributed by atoms with Crippen LogP contribution in [0.15, 0.2) is 103 Å². The Hall–Kier alpha value is -4.84. The molecule has 0 fully saturated rings. The van der Waals surface area contributed by atoms with E-state index in [4.69, 9.17) is 0 Å². The van der Waals surface area contributed by atoms with Crippen LogP contribution in [0.5, 0.6) is 0 Å². The topological polar surface area (TPSA) is 86.3 Å². The van der Waals surface area contributed by atoms with Gasteiger partial charge in [-0.1, -0.05) is 78.9 Å². The van der Waals surface area contributed by atoms with Crippen molar-refractivity contribution in [2.24, 2.45) is 0 Å². The standard InChI is InChI=1S/C28H18N2O4/c31-29(32)23-13-6-11-20(16-23)26-18-21-10-4-5-15-25(21)28(26)27(19-8-2-1-3-9-19)22-12-7-14-24(17-22)30(33)34/h1-18H/b28-27+. The van der Waals surface area contributed by atoms with Gasteiger partial charge in [-0.05, 0) is 50.6 Å². The van der Waals surface area contributed by atoms with Crippen LogP contribution in [0.1, 0.15) is 27.8 Å². The monoisotopic (exact) mass is 446 g/mol. The Morgan fingerprint density at radius 2 is 1.24 bits per heavy atom. The van der Waals surface area contributed by atoms with Crippen LogP contribution < -0.4 is 0 Å². The molecule has 1 aliphatic rings. The first-order chi connectivity index (χ1) is 16.5. The lowest BCUT2D eigenvalue weighted by atomic mass is 9.85. The molecule has 6 heteroatoms. The van der Waals surface area contributed by atoms with E-state index in [1.165, 1.54) is 12.1 Å². The first-order valence-electron chi connectivity index (χ1n) is 10.6. The van der Waals surface area contributed by atoms with Gasteiger partial charge < -0.3 is 0 Å². The summed E-state index contributed by atoms with van der Waals surface area (Å²) < 4.78 is 0. The minimum absolute atomic E-state index is 0.00121. The number of fused-ring (bicyclic) bond motifs is 1. The SMILES string of the molecule is O=[N+]([O-])c1cccc(C2=Cc3ccccc3/C2=C(/c2ccccc2)c2cccc([N+](=O)[O-])c2)c1. The van der Waals surface area contributed by atoms with Crippen molar-refractivity contribution < 1.29 is 9.85 Å². The number of benzene rings is 4. The highest BCUT2D eigenvalue weighted by Crippen LogP contribution is 2.47. The Bertz CT molecular complexity index is 1500. The lowest BCUT2D eigenvalue weighted by Crippen LogP contribution is -1.98. The third-order valence-corrected chi connectivity index (χ3v) is 5.83. The van der Waals surface area contributed by atoms with E-state index in [0.717, 1.165) is 33.4 Å². The lowest BCUT2D eigenvalue weighted by molar-refractivity contribution is -0.385. The molecule has 0 saturated carbocycles. The van der Waals surface area contributed by atoms with Crippen LogP contribution in [0.2, 0.25) is 0 Å². The summed E-state index contributed by atoms with van der Waals surface area (Å²) in [7, 11) is 0. The zero-order valence-corrected chi connectivity index (χ0v) is 17.9. The maximum atomic E-state index is 11.5. The molecule has 34 heavy (non-hydrogen) atoms. The summed E-state index contributed by atoms with van der Waals surface area (Å²) in [6.07, 6.45) is 2.02. The zero-order chi connectivity index (χ0) is 23.7. The van der Waals surface area contributed by atoms with Crippen molar-refractivity contribution in [2.45, 2.75) is 0 Å². The van der Waals surface area contributed by atoms with Crippen LogP contribution >= 0.6 is 0 Å². The summed E-state index contributed by atoms with van der Waals surface area (Å²) in [5.41, 5.74) is 6.79. The van der Waals surface area contributed by atoms with Crippen molar-refractivity contribution in [3.05, 3.63) is 151 Å². The summed E-state index contributed by atoms with van der Waals surface area (Å²) in [6.45, 7) is 0. The molecule has 4 aromatic rings. The molecule has 1 aliphatic carbocycles. The third kappa shape index (κ3) is 3.78. The molecular weight excluding hydrogens is 428 g/mol. The zero-order valence-electron chi connectivity index (χ0n) is 17.9. The Morgan fingerprint density at radius 3 is 1.97 bits per heavy atom. The highest BCUT2D eigenvalue weighted by Gasteiger charge is 2.26. The minimum Gasteiger partial charge on any atom is -0.258 e. The van der Waals surface area contributed by atoms with Gasteiger partial charge in [-0.2, -0.15) is 0 Å². The summed E-state index contributed by atoms with van der Waals surface area (Å²) >= 11 is 0. The second kappa shape index (κ2) is 8.60. The molecule has 0 bridgehead atoms. The maximum absolute atomic E-state index is 11.5. The lowest BCUT2D eigenvalue weighted by Gasteiger charge is -2.17. The fourth-order valence-electron chi connectivity index (χ4n) is 4.34. The molecular formula is C28H18N2O4. The van der Waals surface area contributed by atoms with Crippen molar-refractivity contribution in [2.75, 3.05) is 0 Å². The van der Waals surface area contributed by atoms with Crippen molar-refractivity contribution in [3.63, 3.8) is 0 Å². The average Bonchev–Trinajstić information content (AvgIpc) is 3.24. The molecule has 0 unspecified atom stereocenters. The normalized spacial score (nSPS) is 13.7. The Labute approximate surface area is 195 Å². The van der Waals surface area contributed by atoms with Gasteiger partial charge in [0, 0.05) is 24.3 Å². The van der Waals surface area contributed by atoms with Gasteiger partial charge in [-0.15, -0.1) is 0 Å². The quantitative estimate of drug-likeness (QED) is 0.244. The first-order valence-corrected chi connectivity index (χ1v) is 10.6. The predicted molar refractivity (Wildman–Crippen MR) is 133 cm³/mol. The van der Waals surface area contributed by atoms with Gasteiger partial charge in [0.25, 0.3) is 11.4 Å². The molecule has 6 nitrogen and oxygen atoms in total. The Kier molecular flexibility index (Phi) is 5.32. The molecule has 0 radical (unpaired) electrons. The fraction of sp³-hybridized carbons (Fsp3) is 0. The maximum Gasteiger partial charge on any atom is 0.270 e. The first kappa shape index (κ1) is 21.0. The van der Waals surface area contributed by atoms with Crippen molar-refractivity contribution in [3.8, 4) is 0 Å². The predicted octanol–water partition coefficient (Wildman–Crippen LogP) is 7.02. The van der Waals surface area contributed by atoms with Crippen molar-refractivity contribution in [1.82, 2.24) is 0 Å². The molecule has 0 aliphatic heterocycles. The number of hydrogen-bond donors (Lipinski definition) is 0. The molecule has 0 aromatic heterocycles. The highest BCUT2D eigenvalue weighted by atomic mass is 16.6. The summed E-state index contributed by atoms with van der Waals surface area (Å²) in [6, 6.07) is 30.7. The number of allylic oxidation sites excluding steroid dienone is 2. The third-order valence-electron chi connectivity index (χ3n) is 5.83. The van der Waals surface area contributed by atoms with E-state index in [0.29, 0.717) is 11.1 Å². The number of hydrogen-bond acceptors (Lipinski definition) is 4. The molecule has 0 atom stereocenters. The molecule has 164 valence electrons. The van der Waals surface area contributed by atoms with Gasteiger partial charge in [-0.25, -0.2) is 0 Å². The van der Waals surface area contributed by atoms with Crippen LogP contribution in [0, 0.1) is 20.2 Å². The van der Waals surface area contributed by atoms with E-state index in [2.05, 4.69) is 0 Å². The molecule has 4 aromatic carbocycles. The average molecular weight is 446 g/mol. The van der Waals surface area contributed by atoms with E-state index in [-0.39, 0.29) is 11.4 Å².